The minimum atomic E-state index is 0.340. The Hall–Kier alpha value is -0.540. The lowest BCUT2D eigenvalue weighted by atomic mass is 9.99. The summed E-state index contributed by atoms with van der Waals surface area (Å²) >= 11 is 15.9. The molecule has 0 aromatic heterocycles. The van der Waals surface area contributed by atoms with Crippen LogP contribution in [-0.2, 0) is 12.8 Å². The Bertz CT molecular complexity index is 601. The fourth-order valence-corrected chi connectivity index (χ4v) is 3.32. The fraction of sp³-hybridized carbons (Fsp3) is 0.294. The van der Waals surface area contributed by atoms with Gasteiger partial charge in [-0.05, 0) is 48.7 Å². The molecule has 21 heavy (non-hydrogen) atoms. The fourth-order valence-electron chi connectivity index (χ4n) is 2.39. The van der Waals surface area contributed by atoms with Gasteiger partial charge in [-0.1, -0.05) is 70.3 Å². The third kappa shape index (κ3) is 5.00. The van der Waals surface area contributed by atoms with Crippen LogP contribution in [0.25, 0.3) is 0 Å². The van der Waals surface area contributed by atoms with Crippen LogP contribution in [0, 0.1) is 0 Å². The van der Waals surface area contributed by atoms with E-state index < -0.39 is 0 Å². The number of halogens is 3. The van der Waals surface area contributed by atoms with Gasteiger partial charge in [-0.15, -0.1) is 0 Å². The van der Waals surface area contributed by atoms with Crippen molar-refractivity contribution < 1.29 is 0 Å². The summed E-state index contributed by atoms with van der Waals surface area (Å²) < 4.78 is 1.15. The van der Waals surface area contributed by atoms with Gasteiger partial charge in [0.2, 0.25) is 0 Å². The maximum Gasteiger partial charge on any atom is 0.0453 e. The van der Waals surface area contributed by atoms with Crippen molar-refractivity contribution >= 4 is 39.1 Å². The van der Waals surface area contributed by atoms with Crippen molar-refractivity contribution in [2.45, 2.75) is 25.8 Å². The third-order valence-corrected chi connectivity index (χ3v) is 4.76. The molecule has 1 unspecified atom stereocenters. The largest absolute Gasteiger partial charge is 0.314 e. The van der Waals surface area contributed by atoms with E-state index in [2.05, 4.69) is 46.4 Å². The Kier molecular flexibility index (Phi) is 6.56. The van der Waals surface area contributed by atoms with E-state index in [-0.39, 0.29) is 0 Å². The Labute approximate surface area is 144 Å². The minimum absolute atomic E-state index is 0.340. The zero-order valence-corrected chi connectivity index (χ0v) is 15.0. The van der Waals surface area contributed by atoms with Crippen LogP contribution in [0.4, 0.5) is 0 Å². The SMILES string of the molecule is CCNC(Cc1ccc(Cl)cc1Cl)Cc1ccccc1Br. The molecule has 0 spiro atoms. The van der Waals surface area contributed by atoms with Crippen molar-refractivity contribution in [1.29, 1.82) is 0 Å². The second-order valence-electron chi connectivity index (χ2n) is 4.99. The molecule has 1 nitrogen and oxygen atoms in total. The predicted octanol–water partition coefficient (Wildman–Crippen LogP) is 5.52. The molecular weight excluding hydrogens is 369 g/mol. The molecule has 1 atom stereocenters. The Morgan fingerprint density at radius 1 is 1.05 bits per heavy atom. The van der Waals surface area contributed by atoms with Gasteiger partial charge in [0.1, 0.15) is 0 Å². The molecule has 0 saturated heterocycles. The van der Waals surface area contributed by atoms with E-state index in [1.807, 2.05) is 18.2 Å². The lowest BCUT2D eigenvalue weighted by molar-refractivity contribution is 0.521. The molecule has 0 aliphatic carbocycles. The van der Waals surface area contributed by atoms with Gasteiger partial charge in [0, 0.05) is 20.6 Å². The normalized spacial score (nSPS) is 12.4. The number of rotatable bonds is 6. The van der Waals surface area contributed by atoms with Crippen LogP contribution in [0.5, 0.6) is 0 Å². The van der Waals surface area contributed by atoms with Gasteiger partial charge in [0.05, 0.1) is 0 Å². The van der Waals surface area contributed by atoms with Crippen molar-refractivity contribution in [2.75, 3.05) is 6.54 Å². The number of likely N-dealkylation sites (N-methyl/N-ethyl adjacent to an activating group) is 1. The van der Waals surface area contributed by atoms with Crippen LogP contribution in [0.2, 0.25) is 10.0 Å². The van der Waals surface area contributed by atoms with Gasteiger partial charge in [0.15, 0.2) is 0 Å². The van der Waals surface area contributed by atoms with E-state index in [0.717, 1.165) is 34.4 Å². The summed E-state index contributed by atoms with van der Waals surface area (Å²) in [6, 6.07) is 14.4. The van der Waals surface area contributed by atoms with Crippen molar-refractivity contribution in [2.24, 2.45) is 0 Å². The van der Waals surface area contributed by atoms with Crippen molar-refractivity contribution in [3.05, 3.63) is 68.1 Å². The molecule has 0 aliphatic rings. The molecule has 0 amide bonds. The predicted molar refractivity (Wildman–Crippen MR) is 95.5 cm³/mol. The van der Waals surface area contributed by atoms with Gasteiger partial charge in [-0.2, -0.15) is 0 Å². The van der Waals surface area contributed by atoms with Crippen LogP contribution < -0.4 is 5.32 Å². The van der Waals surface area contributed by atoms with Crippen molar-refractivity contribution in [3.63, 3.8) is 0 Å². The maximum atomic E-state index is 6.29. The Morgan fingerprint density at radius 2 is 1.76 bits per heavy atom. The summed E-state index contributed by atoms with van der Waals surface area (Å²) in [6.45, 7) is 3.05. The van der Waals surface area contributed by atoms with E-state index >= 15 is 0 Å². The summed E-state index contributed by atoms with van der Waals surface area (Å²) in [5, 5.41) is 4.95. The highest BCUT2D eigenvalue weighted by atomic mass is 79.9. The number of hydrogen-bond acceptors (Lipinski definition) is 1. The standard InChI is InChI=1S/C17H18BrCl2N/c1-2-21-15(9-12-5-3-4-6-16(12)18)10-13-7-8-14(19)11-17(13)20/h3-8,11,15,21H,2,9-10H2,1H3. The molecule has 0 radical (unpaired) electrons. The monoisotopic (exact) mass is 385 g/mol. The molecule has 0 fully saturated rings. The molecular formula is C17H18BrCl2N. The number of benzene rings is 2. The topological polar surface area (TPSA) is 12.0 Å². The minimum Gasteiger partial charge on any atom is -0.314 e. The molecule has 2 aromatic rings. The highest BCUT2D eigenvalue weighted by Crippen LogP contribution is 2.24. The molecule has 4 heteroatoms. The van der Waals surface area contributed by atoms with E-state index in [4.69, 9.17) is 23.2 Å². The van der Waals surface area contributed by atoms with Gasteiger partial charge in [-0.25, -0.2) is 0 Å². The third-order valence-electron chi connectivity index (χ3n) is 3.40. The molecule has 2 rings (SSSR count). The number of hydrogen-bond donors (Lipinski definition) is 1. The first kappa shape index (κ1) is 16.8. The van der Waals surface area contributed by atoms with Gasteiger partial charge >= 0.3 is 0 Å². The molecule has 1 N–H and O–H groups in total. The average molecular weight is 387 g/mol. The van der Waals surface area contributed by atoms with Gasteiger partial charge in [0.25, 0.3) is 0 Å². The first-order valence-corrected chi connectivity index (χ1v) is 8.55. The molecule has 0 bridgehead atoms. The summed E-state index contributed by atoms with van der Waals surface area (Å²) in [5.41, 5.74) is 2.42. The summed E-state index contributed by atoms with van der Waals surface area (Å²) in [4.78, 5) is 0. The van der Waals surface area contributed by atoms with Crippen molar-refractivity contribution in [3.8, 4) is 0 Å². The summed E-state index contributed by atoms with van der Waals surface area (Å²) in [5.74, 6) is 0. The summed E-state index contributed by atoms with van der Waals surface area (Å²) in [6.07, 6.45) is 1.83. The van der Waals surface area contributed by atoms with Crippen LogP contribution in [0.1, 0.15) is 18.1 Å². The van der Waals surface area contributed by atoms with Crippen LogP contribution in [0.15, 0.2) is 46.9 Å². The molecule has 0 aliphatic heterocycles. The molecule has 112 valence electrons. The first-order valence-electron chi connectivity index (χ1n) is 7.01. The number of nitrogens with one attached hydrogen (secondary N) is 1. The highest BCUT2D eigenvalue weighted by Gasteiger charge is 2.13. The molecule has 0 saturated carbocycles. The van der Waals surface area contributed by atoms with Gasteiger partial charge < -0.3 is 5.32 Å². The Morgan fingerprint density at radius 3 is 2.43 bits per heavy atom. The molecule has 2 aromatic carbocycles. The van der Waals surface area contributed by atoms with Gasteiger partial charge in [-0.3, -0.25) is 0 Å². The lowest BCUT2D eigenvalue weighted by Crippen LogP contribution is -2.33. The van der Waals surface area contributed by atoms with E-state index in [1.54, 1.807) is 6.07 Å². The maximum absolute atomic E-state index is 6.29. The zero-order chi connectivity index (χ0) is 15.2. The van der Waals surface area contributed by atoms with Crippen LogP contribution in [-0.4, -0.2) is 12.6 Å². The van der Waals surface area contributed by atoms with E-state index in [0.29, 0.717) is 11.1 Å². The second kappa shape index (κ2) is 8.19. The average Bonchev–Trinajstić information content (AvgIpc) is 2.44. The van der Waals surface area contributed by atoms with E-state index in [9.17, 15) is 0 Å². The lowest BCUT2D eigenvalue weighted by Gasteiger charge is -2.19. The van der Waals surface area contributed by atoms with Crippen LogP contribution >= 0.6 is 39.1 Å². The van der Waals surface area contributed by atoms with Crippen molar-refractivity contribution in [1.82, 2.24) is 5.32 Å². The molecule has 0 heterocycles. The second-order valence-corrected chi connectivity index (χ2v) is 6.69. The van der Waals surface area contributed by atoms with Crippen LogP contribution in [0.3, 0.4) is 0 Å². The van der Waals surface area contributed by atoms with E-state index in [1.165, 1.54) is 5.56 Å². The summed E-state index contributed by atoms with van der Waals surface area (Å²) in [7, 11) is 0. The zero-order valence-electron chi connectivity index (χ0n) is 11.9. The smallest absolute Gasteiger partial charge is 0.0453 e. The Balaban J connectivity index is 2.14. The first-order chi connectivity index (χ1) is 10.1. The highest BCUT2D eigenvalue weighted by molar-refractivity contribution is 9.10. The quantitative estimate of drug-likeness (QED) is 0.689.